The maximum absolute atomic E-state index is 12.7. The quantitative estimate of drug-likeness (QED) is 0.533. The Morgan fingerprint density at radius 2 is 2.31 bits per heavy atom. The lowest BCUT2D eigenvalue weighted by molar-refractivity contribution is -0.136. The second kappa shape index (κ2) is 7.53. The van der Waals surface area contributed by atoms with Crippen molar-refractivity contribution < 1.29 is 22.4 Å². The van der Waals surface area contributed by atoms with E-state index in [2.05, 4.69) is 0 Å². The van der Waals surface area contributed by atoms with Crippen LogP contribution in [0.1, 0.15) is 19.1 Å². The van der Waals surface area contributed by atoms with Gasteiger partial charge in [0.1, 0.15) is 16.6 Å². The molecule has 0 radical (unpaired) electrons. The Hall–Kier alpha value is -1.65. The Morgan fingerprint density at radius 3 is 2.88 bits per heavy atom. The van der Waals surface area contributed by atoms with Gasteiger partial charge in [0.05, 0.1) is 22.7 Å². The number of carbonyl (C=O) groups excluding carboxylic acids is 2. The number of thioether (sulfide) groups is 1. The molecule has 0 spiro atoms. The minimum absolute atomic E-state index is 0.0244. The monoisotopic (exact) mass is 414 g/mol. The van der Waals surface area contributed by atoms with Crippen molar-refractivity contribution in [3.63, 3.8) is 0 Å². The maximum Gasteiger partial charge on any atom is 0.266 e. The lowest BCUT2D eigenvalue weighted by atomic mass is 10.2. The zero-order valence-corrected chi connectivity index (χ0v) is 16.5. The van der Waals surface area contributed by atoms with Gasteiger partial charge in [-0.25, -0.2) is 8.42 Å². The molecule has 1 atom stereocenters. The fraction of sp³-hybridized carbons (Fsp3) is 0.438. The van der Waals surface area contributed by atoms with Crippen LogP contribution in [0, 0.1) is 0 Å². The van der Waals surface area contributed by atoms with Crippen molar-refractivity contribution in [3.05, 3.63) is 29.1 Å². The van der Waals surface area contributed by atoms with Gasteiger partial charge in [-0.15, -0.1) is 0 Å². The molecule has 1 unspecified atom stereocenters. The van der Waals surface area contributed by atoms with Crippen LogP contribution in [0.25, 0.3) is 6.08 Å². The van der Waals surface area contributed by atoms with Gasteiger partial charge >= 0.3 is 0 Å². The molecule has 3 heterocycles. The Morgan fingerprint density at radius 1 is 1.54 bits per heavy atom. The highest BCUT2D eigenvalue weighted by molar-refractivity contribution is 8.26. The standard InChI is InChI=1S/C16H18N2O5S3/c1-2-17(11-5-7-26(21,22)10-11)14(19)9-18-15(20)13(25-16(18)24)8-12-4-3-6-23-12/h3-4,6,8,11H,2,5,7,9-10H2,1H3. The summed E-state index contributed by atoms with van der Waals surface area (Å²) in [4.78, 5) is 28.4. The molecule has 1 aromatic rings. The SMILES string of the molecule is CCN(C(=O)CN1C(=O)C(=Cc2ccco2)SC1=S)C1CCS(=O)(=O)C1. The van der Waals surface area contributed by atoms with Crippen molar-refractivity contribution in [3.8, 4) is 0 Å². The topological polar surface area (TPSA) is 87.9 Å². The molecule has 2 aliphatic heterocycles. The van der Waals surface area contributed by atoms with E-state index < -0.39 is 9.84 Å². The zero-order valence-electron chi connectivity index (χ0n) is 14.1. The first-order valence-electron chi connectivity index (χ1n) is 8.09. The fourth-order valence-corrected chi connectivity index (χ4v) is 5.99. The Balaban J connectivity index is 1.70. The summed E-state index contributed by atoms with van der Waals surface area (Å²) in [6.45, 7) is 1.99. The van der Waals surface area contributed by atoms with Crippen LogP contribution in [0.4, 0.5) is 0 Å². The molecule has 0 saturated carbocycles. The number of thiocarbonyl (C=S) groups is 1. The molecular weight excluding hydrogens is 396 g/mol. The van der Waals surface area contributed by atoms with E-state index in [1.54, 1.807) is 25.1 Å². The summed E-state index contributed by atoms with van der Waals surface area (Å²) in [5.74, 6) is -0.0502. The number of sulfone groups is 1. The van der Waals surface area contributed by atoms with Crippen molar-refractivity contribution in [1.29, 1.82) is 0 Å². The van der Waals surface area contributed by atoms with E-state index in [-0.39, 0.29) is 35.9 Å². The fourth-order valence-electron chi connectivity index (χ4n) is 3.02. The van der Waals surface area contributed by atoms with E-state index in [9.17, 15) is 18.0 Å². The van der Waals surface area contributed by atoms with Crippen LogP contribution in [0.2, 0.25) is 0 Å². The number of carbonyl (C=O) groups is 2. The molecule has 0 bridgehead atoms. The van der Waals surface area contributed by atoms with Crippen LogP contribution in [-0.2, 0) is 19.4 Å². The molecule has 2 saturated heterocycles. The van der Waals surface area contributed by atoms with Gasteiger partial charge in [-0.05, 0) is 25.5 Å². The smallest absolute Gasteiger partial charge is 0.266 e. The molecule has 2 amide bonds. The van der Waals surface area contributed by atoms with Crippen LogP contribution in [0.15, 0.2) is 27.7 Å². The summed E-state index contributed by atoms with van der Waals surface area (Å²) in [6, 6.07) is 3.09. The van der Waals surface area contributed by atoms with Gasteiger partial charge in [0, 0.05) is 18.7 Å². The Labute approximate surface area is 161 Å². The van der Waals surface area contributed by atoms with Crippen molar-refractivity contribution in [1.82, 2.24) is 9.80 Å². The van der Waals surface area contributed by atoms with Crippen LogP contribution in [0.5, 0.6) is 0 Å². The van der Waals surface area contributed by atoms with Crippen LogP contribution in [0.3, 0.4) is 0 Å². The molecule has 2 aliphatic rings. The third-order valence-electron chi connectivity index (χ3n) is 4.29. The number of hydrogen-bond donors (Lipinski definition) is 0. The summed E-state index contributed by atoms with van der Waals surface area (Å²) < 4.78 is 28.9. The predicted molar refractivity (Wildman–Crippen MR) is 103 cm³/mol. The van der Waals surface area contributed by atoms with Crippen molar-refractivity contribution >= 4 is 56.0 Å². The molecule has 0 N–H and O–H groups in total. The van der Waals surface area contributed by atoms with Gasteiger partial charge in [0.15, 0.2) is 9.84 Å². The highest BCUT2D eigenvalue weighted by Gasteiger charge is 2.38. The molecule has 10 heteroatoms. The van der Waals surface area contributed by atoms with Crippen LogP contribution >= 0.6 is 24.0 Å². The summed E-state index contributed by atoms with van der Waals surface area (Å²) in [6.07, 6.45) is 3.52. The first-order chi connectivity index (χ1) is 12.3. The van der Waals surface area contributed by atoms with E-state index in [0.29, 0.717) is 28.0 Å². The van der Waals surface area contributed by atoms with Crippen LogP contribution in [-0.4, -0.2) is 65.0 Å². The number of amides is 2. The molecule has 26 heavy (non-hydrogen) atoms. The van der Waals surface area contributed by atoms with Gasteiger partial charge in [-0.3, -0.25) is 14.5 Å². The van der Waals surface area contributed by atoms with E-state index in [1.807, 2.05) is 0 Å². The van der Waals surface area contributed by atoms with Gasteiger partial charge < -0.3 is 9.32 Å². The molecule has 140 valence electrons. The van der Waals surface area contributed by atoms with Gasteiger partial charge in [0.2, 0.25) is 5.91 Å². The first kappa shape index (κ1) is 19.1. The van der Waals surface area contributed by atoms with Crippen molar-refractivity contribution in [2.24, 2.45) is 0 Å². The number of likely N-dealkylation sites (N-methyl/N-ethyl adjacent to an activating group) is 1. The average Bonchev–Trinajstić information content (AvgIpc) is 3.26. The minimum Gasteiger partial charge on any atom is -0.465 e. The van der Waals surface area contributed by atoms with Crippen LogP contribution < -0.4 is 0 Å². The second-order valence-electron chi connectivity index (χ2n) is 6.02. The number of furan rings is 1. The lowest BCUT2D eigenvalue weighted by Crippen LogP contribution is -2.47. The highest BCUT2D eigenvalue weighted by atomic mass is 32.2. The number of nitrogens with zero attached hydrogens (tertiary/aromatic N) is 2. The molecule has 1 aromatic heterocycles. The number of hydrogen-bond acceptors (Lipinski definition) is 7. The van der Waals surface area contributed by atoms with E-state index >= 15 is 0 Å². The molecule has 7 nitrogen and oxygen atoms in total. The molecule has 0 aromatic carbocycles. The molecular formula is C16H18N2O5S3. The van der Waals surface area contributed by atoms with E-state index in [4.69, 9.17) is 16.6 Å². The van der Waals surface area contributed by atoms with Crippen molar-refractivity contribution in [2.45, 2.75) is 19.4 Å². The van der Waals surface area contributed by atoms with E-state index in [1.165, 1.54) is 16.1 Å². The second-order valence-corrected chi connectivity index (χ2v) is 9.92. The number of rotatable bonds is 5. The summed E-state index contributed by atoms with van der Waals surface area (Å²) >= 11 is 6.35. The van der Waals surface area contributed by atoms with E-state index in [0.717, 1.165) is 11.8 Å². The van der Waals surface area contributed by atoms with Gasteiger partial charge in [0.25, 0.3) is 5.91 Å². The molecule has 2 fully saturated rings. The van der Waals surface area contributed by atoms with Gasteiger partial charge in [-0.1, -0.05) is 24.0 Å². The average molecular weight is 415 g/mol. The highest BCUT2D eigenvalue weighted by Crippen LogP contribution is 2.32. The van der Waals surface area contributed by atoms with Gasteiger partial charge in [-0.2, -0.15) is 0 Å². The third-order valence-corrected chi connectivity index (χ3v) is 7.42. The summed E-state index contributed by atoms with van der Waals surface area (Å²) in [7, 11) is -3.09. The zero-order chi connectivity index (χ0) is 18.9. The predicted octanol–water partition coefficient (Wildman–Crippen LogP) is 1.52. The minimum atomic E-state index is -3.09. The third kappa shape index (κ3) is 4.02. The van der Waals surface area contributed by atoms with Crippen molar-refractivity contribution in [2.75, 3.05) is 24.6 Å². The summed E-state index contributed by atoms with van der Waals surface area (Å²) in [5.41, 5.74) is 0. The normalized spacial score (nSPS) is 23.8. The maximum atomic E-state index is 12.7. The molecule has 3 rings (SSSR count). The largest absolute Gasteiger partial charge is 0.465 e. The Kier molecular flexibility index (Phi) is 5.54. The lowest BCUT2D eigenvalue weighted by Gasteiger charge is -2.28. The first-order valence-corrected chi connectivity index (χ1v) is 11.1. The Bertz CT molecular complexity index is 860. The molecule has 0 aliphatic carbocycles. The summed E-state index contributed by atoms with van der Waals surface area (Å²) in [5, 5.41) is 0.